The molecule has 9 heteroatoms. The minimum absolute atomic E-state index is 0.201. The van der Waals surface area contributed by atoms with Crippen LogP contribution in [0.15, 0.2) is 34.9 Å². The van der Waals surface area contributed by atoms with E-state index in [1.807, 2.05) is 30.3 Å². The predicted octanol–water partition coefficient (Wildman–Crippen LogP) is 1.84. The van der Waals surface area contributed by atoms with Crippen molar-refractivity contribution in [1.29, 1.82) is 0 Å². The molecule has 2 saturated heterocycles. The van der Waals surface area contributed by atoms with E-state index in [4.69, 9.17) is 9.26 Å². The van der Waals surface area contributed by atoms with Gasteiger partial charge in [0.15, 0.2) is 0 Å². The Hall–Kier alpha value is -1.81. The van der Waals surface area contributed by atoms with Crippen molar-refractivity contribution in [3.05, 3.63) is 36.2 Å². The monoisotopic (exact) mass is 378 g/mol. The molecule has 0 saturated carbocycles. The number of hydrogen-bond acceptors (Lipinski definition) is 6. The molecular formula is C17H22N4O4S. The van der Waals surface area contributed by atoms with E-state index in [9.17, 15) is 8.42 Å². The molecule has 8 nitrogen and oxygen atoms in total. The molecule has 2 fully saturated rings. The van der Waals surface area contributed by atoms with E-state index in [0.717, 1.165) is 24.8 Å². The molecule has 0 aliphatic carbocycles. The van der Waals surface area contributed by atoms with Crippen LogP contribution in [0, 0.1) is 0 Å². The van der Waals surface area contributed by atoms with Crippen LogP contribution < -0.4 is 0 Å². The number of piperidine rings is 1. The lowest BCUT2D eigenvalue weighted by Gasteiger charge is -2.35. The van der Waals surface area contributed by atoms with Crippen molar-refractivity contribution in [2.45, 2.75) is 25.4 Å². The molecule has 140 valence electrons. The van der Waals surface area contributed by atoms with Crippen LogP contribution >= 0.6 is 0 Å². The van der Waals surface area contributed by atoms with Crippen LogP contribution in [-0.4, -0.2) is 60.0 Å². The summed E-state index contributed by atoms with van der Waals surface area (Å²) in [7, 11) is -3.47. The maximum atomic E-state index is 12.9. The van der Waals surface area contributed by atoms with Gasteiger partial charge < -0.3 is 9.26 Å². The number of rotatable bonds is 4. The summed E-state index contributed by atoms with van der Waals surface area (Å²) in [5.74, 6) is 0.780. The quantitative estimate of drug-likeness (QED) is 0.807. The molecule has 1 atom stereocenters. The van der Waals surface area contributed by atoms with Gasteiger partial charge in [-0.15, -0.1) is 0 Å². The van der Waals surface area contributed by atoms with Crippen LogP contribution in [0.5, 0.6) is 0 Å². The fourth-order valence-electron chi connectivity index (χ4n) is 3.31. The Bertz CT molecular complexity index is 833. The Kier molecular flexibility index (Phi) is 5.03. The smallest absolute Gasteiger partial charge is 0.282 e. The van der Waals surface area contributed by atoms with Crippen molar-refractivity contribution in [2.75, 3.05) is 32.8 Å². The van der Waals surface area contributed by atoms with E-state index < -0.39 is 16.3 Å². The zero-order valence-electron chi connectivity index (χ0n) is 14.5. The number of morpholine rings is 1. The van der Waals surface area contributed by atoms with E-state index in [1.54, 1.807) is 4.31 Å². The van der Waals surface area contributed by atoms with Crippen LogP contribution in [0.1, 0.15) is 31.2 Å². The van der Waals surface area contributed by atoms with Gasteiger partial charge in [0.25, 0.3) is 16.1 Å². The van der Waals surface area contributed by atoms with E-state index in [1.165, 1.54) is 4.31 Å². The normalized spacial score (nSPS) is 23.2. The SMILES string of the molecule is O=S(=O)(N1CCCCC1)N1CCO[C@H](c2noc(-c3ccccc3)n2)C1. The first-order valence-electron chi connectivity index (χ1n) is 8.90. The number of aromatic nitrogens is 2. The van der Waals surface area contributed by atoms with Crippen molar-refractivity contribution in [3.8, 4) is 11.5 Å². The molecule has 4 rings (SSSR count). The summed E-state index contributed by atoms with van der Waals surface area (Å²) in [6.07, 6.45) is 2.39. The lowest BCUT2D eigenvalue weighted by molar-refractivity contribution is -0.0104. The zero-order valence-corrected chi connectivity index (χ0v) is 15.3. The third-order valence-electron chi connectivity index (χ3n) is 4.75. The van der Waals surface area contributed by atoms with E-state index >= 15 is 0 Å². The first-order valence-corrected chi connectivity index (χ1v) is 10.3. The van der Waals surface area contributed by atoms with E-state index in [2.05, 4.69) is 10.1 Å². The summed E-state index contributed by atoms with van der Waals surface area (Å²) in [5.41, 5.74) is 0.819. The van der Waals surface area contributed by atoms with Gasteiger partial charge in [-0.25, -0.2) is 0 Å². The average molecular weight is 378 g/mol. The molecule has 0 unspecified atom stereocenters. The summed E-state index contributed by atoms with van der Waals surface area (Å²) in [6, 6.07) is 9.46. The molecule has 2 aliphatic heterocycles. The molecule has 1 aromatic carbocycles. The first-order chi connectivity index (χ1) is 12.6. The lowest BCUT2D eigenvalue weighted by atomic mass is 10.2. The van der Waals surface area contributed by atoms with Crippen molar-refractivity contribution in [3.63, 3.8) is 0 Å². The summed E-state index contributed by atoms with van der Waals surface area (Å²) < 4.78 is 39.8. The van der Waals surface area contributed by atoms with E-state index in [-0.39, 0.29) is 6.54 Å². The molecule has 0 spiro atoms. The van der Waals surface area contributed by atoms with E-state index in [0.29, 0.717) is 38.0 Å². The number of nitrogens with zero attached hydrogens (tertiary/aromatic N) is 4. The minimum atomic E-state index is -3.47. The minimum Gasteiger partial charge on any atom is -0.367 e. The molecule has 2 aromatic rings. The Morgan fingerprint density at radius 1 is 1.00 bits per heavy atom. The van der Waals surface area contributed by atoms with Crippen LogP contribution in [0.3, 0.4) is 0 Å². The average Bonchev–Trinajstić information content (AvgIpc) is 3.20. The van der Waals surface area contributed by atoms with Crippen molar-refractivity contribution < 1.29 is 17.7 Å². The Balaban J connectivity index is 1.49. The summed E-state index contributed by atoms with van der Waals surface area (Å²) in [4.78, 5) is 4.40. The summed E-state index contributed by atoms with van der Waals surface area (Å²) >= 11 is 0. The second kappa shape index (κ2) is 7.43. The fraction of sp³-hybridized carbons (Fsp3) is 0.529. The zero-order chi connectivity index (χ0) is 18.0. The molecule has 26 heavy (non-hydrogen) atoms. The molecule has 3 heterocycles. The van der Waals surface area contributed by atoms with Crippen molar-refractivity contribution >= 4 is 10.2 Å². The Morgan fingerprint density at radius 2 is 1.77 bits per heavy atom. The highest BCUT2D eigenvalue weighted by molar-refractivity contribution is 7.86. The second-order valence-electron chi connectivity index (χ2n) is 6.51. The van der Waals surface area contributed by atoms with Gasteiger partial charge in [0.05, 0.1) is 6.61 Å². The highest BCUT2D eigenvalue weighted by Crippen LogP contribution is 2.26. The topological polar surface area (TPSA) is 88.8 Å². The molecule has 0 radical (unpaired) electrons. The molecule has 2 aliphatic rings. The molecule has 0 amide bonds. The molecule has 0 N–H and O–H groups in total. The number of ether oxygens (including phenoxy) is 1. The van der Waals surface area contributed by atoms with Gasteiger partial charge in [-0.1, -0.05) is 29.8 Å². The van der Waals surface area contributed by atoms with Crippen LogP contribution in [0.4, 0.5) is 0 Å². The summed E-state index contributed by atoms with van der Waals surface area (Å²) in [6.45, 7) is 2.04. The Morgan fingerprint density at radius 3 is 2.54 bits per heavy atom. The highest BCUT2D eigenvalue weighted by atomic mass is 32.2. The van der Waals surface area contributed by atoms with Crippen LogP contribution in [0.2, 0.25) is 0 Å². The predicted molar refractivity (Wildman–Crippen MR) is 94.3 cm³/mol. The molecule has 0 bridgehead atoms. The maximum Gasteiger partial charge on any atom is 0.282 e. The fourth-order valence-corrected chi connectivity index (χ4v) is 4.99. The third-order valence-corrected chi connectivity index (χ3v) is 6.75. The van der Waals surface area contributed by atoms with Gasteiger partial charge >= 0.3 is 0 Å². The van der Waals surface area contributed by atoms with Crippen LogP contribution in [-0.2, 0) is 14.9 Å². The van der Waals surface area contributed by atoms with Crippen LogP contribution in [0.25, 0.3) is 11.5 Å². The summed E-state index contributed by atoms with van der Waals surface area (Å²) in [5, 5.41) is 4.00. The molecular weight excluding hydrogens is 356 g/mol. The maximum absolute atomic E-state index is 12.9. The van der Waals surface area contributed by atoms with Gasteiger partial charge in [0, 0.05) is 31.7 Å². The van der Waals surface area contributed by atoms with Gasteiger partial charge in [-0.2, -0.15) is 22.0 Å². The first kappa shape index (κ1) is 17.6. The standard InChI is InChI=1S/C17H22N4O4S/c22-26(23,20-9-5-2-6-10-20)21-11-12-24-15(13-21)16-18-17(25-19-16)14-7-3-1-4-8-14/h1,3-4,7-8,15H,2,5-6,9-13H2/t15-/m0/s1. The van der Waals surface area contributed by atoms with Gasteiger partial charge in [-0.05, 0) is 25.0 Å². The highest BCUT2D eigenvalue weighted by Gasteiger charge is 2.36. The van der Waals surface area contributed by atoms with Gasteiger partial charge in [-0.3, -0.25) is 0 Å². The number of hydrogen-bond donors (Lipinski definition) is 0. The Labute approximate surface area is 152 Å². The van der Waals surface area contributed by atoms with Crippen molar-refractivity contribution in [1.82, 2.24) is 18.8 Å². The van der Waals surface area contributed by atoms with Gasteiger partial charge in [0.2, 0.25) is 5.82 Å². The van der Waals surface area contributed by atoms with Crippen molar-refractivity contribution in [2.24, 2.45) is 0 Å². The van der Waals surface area contributed by atoms with Gasteiger partial charge in [0.1, 0.15) is 6.10 Å². The lowest BCUT2D eigenvalue weighted by Crippen LogP contribution is -2.50. The molecule has 1 aromatic heterocycles. The third kappa shape index (κ3) is 3.52. The number of benzene rings is 1. The largest absolute Gasteiger partial charge is 0.367 e. The second-order valence-corrected chi connectivity index (χ2v) is 8.44.